The molecule has 0 aliphatic carbocycles. The minimum absolute atomic E-state index is 0.0590. The number of guanidine groups is 1. The monoisotopic (exact) mass is 636 g/mol. The van der Waals surface area contributed by atoms with E-state index in [9.17, 15) is 31.9 Å². The van der Waals surface area contributed by atoms with E-state index < -0.39 is 41.1 Å². The van der Waals surface area contributed by atoms with Gasteiger partial charge in [-0.05, 0) is 79.1 Å². The number of anilines is 1. The first-order chi connectivity index (χ1) is 20.9. The Balaban J connectivity index is 2.01. The molecular weight excluding hydrogens is 603 g/mol. The van der Waals surface area contributed by atoms with Crippen molar-refractivity contribution in [2.45, 2.75) is 64.6 Å². The summed E-state index contributed by atoms with van der Waals surface area (Å²) in [6.45, 7) is 4.49. The van der Waals surface area contributed by atoms with E-state index in [1.165, 1.54) is 18.2 Å². The van der Waals surface area contributed by atoms with Gasteiger partial charge in [-0.15, -0.1) is 0 Å². The number of carbonyl (C=O) groups is 1. The molecule has 3 aromatic carbocycles. The predicted octanol–water partition coefficient (Wildman–Crippen LogP) is 8.78. The van der Waals surface area contributed by atoms with Gasteiger partial charge in [-0.3, -0.25) is 15.1 Å². The molecule has 12 heteroatoms. The number of halogens is 6. The Morgan fingerprint density at radius 2 is 1.64 bits per heavy atom. The number of hydrogen-bond donors (Lipinski definition) is 3. The van der Waals surface area contributed by atoms with Crippen LogP contribution in [0, 0.1) is 11.6 Å². The van der Waals surface area contributed by atoms with Gasteiger partial charge in [0, 0.05) is 35.0 Å². The fourth-order valence-electron chi connectivity index (χ4n) is 4.24. The zero-order valence-corrected chi connectivity index (χ0v) is 25.1. The van der Waals surface area contributed by atoms with Gasteiger partial charge >= 0.3 is 6.18 Å². The molecule has 1 unspecified atom stereocenters. The minimum Gasteiger partial charge on any atom is -0.505 e. The minimum atomic E-state index is -4.57. The number of carbonyl (C=O) groups excluding carboxylic acids is 1. The first kappa shape index (κ1) is 34.5. The van der Waals surface area contributed by atoms with Crippen LogP contribution in [0.4, 0.5) is 27.6 Å². The van der Waals surface area contributed by atoms with Crippen LogP contribution in [-0.4, -0.2) is 35.3 Å². The maximum atomic E-state index is 14.3. The Kier molecular flexibility index (Phi) is 12.7. The summed E-state index contributed by atoms with van der Waals surface area (Å²) in [5.74, 6) is -2.78. The van der Waals surface area contributed by atoms with Gasteiger partial charge in [0.05, 0.1) is 11.6 Å². The van der Waals surface area contributed by atoms with Gasteiger partial charge in [0.2, 0.25) is 5.96 Å². The molecule has 3 N–H and O–H groups in total. The van der Waals surface area contributed by atoms with E-state index in [-0.39, 0.29) is 28.7 Å². The van der Waals surface area contributed by atoms with Crippen LogP contribution in [0.2, 0.25) is 5.02 Å². The molecular formula is C32H34ClF5N4O2. The standard InChI is InChI=1S/C32H34ClF5N4O2/c1-3-5-7-25(19-28(39-14-6-4-2)21-10-13-29(43)27(35)15-21)40-31(41-26-17-23(33)16-24(34)18-26)42-30(44)20-8-11-22(12-9-20)32(36,37)38/h8-13,15-18,25,43H,3-7,14,19H2,1-2H3,(H2,40,41,42,44). The van der Waals surface area contributed by atoms with Crippen LogP contribution in [0.5, 0.6) is 5.75 Å². The number of aromatic hydroxyl groups is 1. The molecule has 3 rings (SSSR count). The highest BCUT2D eigenvalue weighted by Gasteiger charge is 2.30. The van der Waals surface area contributed by atoms with Gasteiger partial charge in [-0.1, -0.05) is 44.7 Å². The lowest BCUT2D eigenvalue weighted by atomic mass is 9.99. The third-order valence-corrected chi connectivity index (χ3v) is 6.78. The number of nitrogens with one attached hydrogen (secondary N) is 2. The smallest absolute Gasteiger partial charge is 0.416 e. The van der Waals surface area contributed by atoms with E-state index in [2.05, 4.69) is 15.6 Å². The fourth-order valence-corrected chi connectivity index (χ4v) is 4.46. The Bertz CT molecular complexity index is 1460. The fraction of sp³-hybridized carbons (Fsp3) is 0.344. The second-order valence-electron chi connectivity index (χ2n) is 10.1. The Morgan fingerprint density at radius 1 is 0.955 bits per heavy atom. The Hall–Kier alpha value is -3.99. The van der Waals surface area contributed by atoms with Gasteiger partial charge < -0.3 is 10.4 Å². The molecule has 3 aromatic rings. The van der Waals surface area contributed by atoms with Crippen molar-refractivity contribution in [2.75, 3.05) is 11.9 Å². The summed E-state index contributed by atoms with van der Waals surface area (Å²) >= 11 is 6.02. The maximum Gasteiger partial charge on any atom is 0.416 e. The topological polar surface area (TPSA) is 86.1 Å². The highest BCUT2D eigenvalue weighted by Crippen LogP contribution is 2.29. The molecule has 6 nitrogen and oxygen atoms in total. The second kappa shape index (κ2) is 16.2. The van der Waals surface area contributed by atoms with E-state index in [1.807, 2.05) is 13.8 Å². The quantitative estimate of drug-likeness (QED) is 0.0804. The zero-order valence-electron chi connectivity index (χ0n) is 24.3. The molecule has 0 heterocycles. The molecule has 0 bridgehead atoms. The lowest BCUT2D eigenvalue weighted by molar-refractivity contribution is -0.137. The summed E-state index contributed by atoms with van der Waals surface area (Å²) in [7, 11) is 0. The Morgan fingerprint density at radius 3 is 2.25 bits per heavy atom. The third kappa shape index (κ3) is 10.6. The molecule has 1 amide bonds. The molecule has 0 radical (unpaired) electrons. The van der Waals surface area contributed by atoms with Crippen molar-refractivity contribution < 1.29 is 31.9 Å². The normalized spacial score (nSPS) is 13.1. The number of aliphatic imine (C=N–C) groups is 2. The first-order valence-electron chi connectivity index (χ1n) is 14.2. The molecule has 0 fully saturated rings. The average Bonchev–Trinajstić information content (AvgIpc) is 2.95. The van der Waals surface area contributed by atoms with Crippen molar-refractivity contribution in [1.82, 2.24) is 5.32 Å². The first-order valence-corrected chi connectivity index (χ1v) is 14.6. The van der Waals surface area contributed by atoms with Gasteiger partial charge in [-0.2, -0.15) is 13.2 Å². The van der Waals surface area contributed by atoms with E-state index >= 15 is 0 Å². The summed E-state index contributed by atoms with van der Waals surface area (Å²) in [4.78, 5) is 22.5. The largest absolute Gasteiger partial charge is 0.505 e. The van der Waals surface area contributed by atoms with Crippen LogP contribution in [0.25, 0.3) is 0 Å². The predicted molar refractivity (Wildman–Crippen MR) is 164 cm³/mol. The summed E-state index contributed by atoms with van der Waals surface area (Å²) < 4.78 is 67.5. The highest BCUT2D eigenvalue weighted by molar-refractivity contribution is 6.31. The third-order valence-electron chi connectivity index (χ3n) is 6.56. The van der Waals surface area contributed by atoms with Crippen molar-refractivity contribution in [3.63, 3.8) is 0 Å². The zero-order chi connectivity index (χ0) is 32.3. The molecule has 0 aliphatic heterocycles. The number of rotatable bonds is 12. The number of unbranched alkanes of at least 4 members (excludes halogenated alkanes) is 2. The molecule has 0 aliphatic rings. The summed E-state index contributed by atoms with van der Waals surface area (Å²) in [6, 6.07) is 10.8. The van der Waals surface area contributed by atoms with Crippen molar-refractivity contribution >= 4 is 34.9 Å². The van der Waals surface area contributed by atoms with Crippen molar-refractivity contribution in [3.8, 4) is 5.75 Å². The van der Waals surface area contributed by atoms with E-state index in [0.717, 1.165) is 62.1 Å². The number of alkyl halides is 3. The molecule has 0 saturated carbocycles. The average molecular weight is 637 g/mol. The van der Waals surface area contributed by atoms with Crippen LogP contribution in [0.3, 0.4) is 0 Å². The van der Waals surface area contributed by atoms with Crippen LogP contribution in [0.15, 0.2) is 70.6 Å². The molecule has 236 valence electrons. The number of phenols is 1. The Labute approximate surface area is 258 Å². The number of benzene rings is 3. The summed E-state index contributed by atoms with van der Waals surface area (Å²) in [5.41, 5.74) is 0.220. The summed E-state index contributed by atoms with van der Waals surface area (Å²) in [5, 5.41) is 15.2. The van der Waals surface area contributed by atoms with Crippen molar-refractivity contribution in [2.24, 2.45) is 9.98 Å². The molecule has 0 aromatic heterocycles. The number of nitrogens with zero attached hydrogens (tertiary/aromatic N) is 2. The van der Waals surface area contributed by atoms with Crippen LogP contribution in [-0.2, 0) is 6.18 Å². The van der Waals surface area contributed by atoms with Gasteiger partial charge in [-0.25, -0.2) is 13.8 Å². The number of phenolic OH excluding ortho intramolecular Hbond substituents is 1. The van der Waals surface area contributed by atoms with Crippen LogP contribution >= 0.6 is 11.6 Å². The van der Waals surface area contributed by atoms with Crippen LogP contribution in [0.1, 0.15) is 73.9 Å². The molecule has 0 spiro atoms. The van der Waals surface area contributed by atoms with E-state index in [0.29, 0.717) is 24.2 Å². The lowest BCUT2D eigenvalue weighted by Crippen LogP contribution is -2.37. The SMILES string of the molecule is CCCCN=C(CC(CCCC)N=C(NC(=O)c1ccc(C(F)(F)F)cc1)Nc1cc(F)cc(Cl)c1)c1ccc(O)c(F)c1. The summed E-state index contributed by atoms with van der Waals surface area (Å²) in [6.07, 6.45) is -0.548. The number of amides is 1. The molecule has 44 heavy (non-hydrogen) atoms. The van der Waals surface area contributed by atoms with Gasteiger partial charge in [0.15, 0.2) is 11.6 Å². The van der Waals surface area contributed by atoms with Crippen molar-refractivity contribution in [3.05, 3.63) is 94.0 Å². The molecule has 0 saturated heterocycles. The highest BCUT2D eigenvalue weighted by atomic mass is 35.5. The lowest BCUT2D eigenvalue weighted by Gasteiger charge is -2.19. The van der Waals surface area contributed by atoms with Crippen molar-refractivity contribution in [1.29, 1.82) is 0 Å². The maximum absolute atomic E-state index is 14.3. The second-order valence-corrected chi connectivity index (χ2v) is 10.6. The molecule has 1 atom stereocenters. The van der Waals surface area contributed by atoms with Gasteiger partial charge in [0.25, 0.3) is 5.91 Å². The van der Waals surface area contributed by atoms with Gasteiger partial charge in [0.1, 0.15) is 5.82 Å². The van der Waals surface area contributed by atoms with E-state index in [1.54, 1.807) is 6.07 Å². The van der Waals surface area contributed by atoms with Crippen LogP contribution < -0.4 is 10.6 Å². The van der Waals surface area contributed by atoms with E-state index in [4.69, 9.17) is 16.6 Å². The number of hydrogen-bond acceptors (Lipinski definition) is 4.